The number of thiophene rings is 1. The fourth-order valence-corrected chi connectivity index (χ4v) is 2.57. The number of amides is 1. The molecule has 1 atom stereocenters. The Bertz CT molecular complexity index is 607. The summed E-state index contributed by atoms with van der Waals surface area (Å²) in [6, 6.07) is 11.9. The lowest BCUT2D eigenvalue weighted by Gasteiger charge is -2.16. The fourth-order valence-electron chi connectivity index (χ4n) is 1.80. The van der Waals surface area contributed by atoms with Crippen LogP contribution >= 0.6 is 11.3 Å². The van der Waals surface area contributed by atoms with Crippen molar-refractivity contribution < 1.29 is 14.3 Å². The molecule has 1 aromatic carbocycles. The van der Waals surface area contributed by atoms with Crippen molar-refractivity contribution >= 4 is 23.2 Å². The molecule has 0 radical (unpaired) electrons. The van der Waals surface area contributed by atoms with Crippen LogP contribution in [0, 0.1) is 6.92 Å². The molecule has 104 valence electrons. The largest absolute Gasteiger partial charge is 0.467 e. The SMILES string of the molecule is COC(=O)[C@@H](NC(=O)c1ccc(C)s1)c1ccccc1. The molecule has 0 bridgehead atoms. The van der Waals surface area contributed by atoms with Crippen LogP contribution in [0.25, 0.3) is 0 Å². The van der Waals surface area contributed by atoms with Gasteiger partial charge in [-0.1, -0.05) is 30.3 Å². The summed E-state index contributed by atoms with van der Waals surface area (Å²) in [7, 11) is 1.31. The number of ether oxygens (including phenoxy) is 1. The van der Waals surface area contributed by atoms with Crippen molar-refractivity contribution in [3.8, 4) is 0 Å². The van der Waals surface area contributed by atoms with Gasteiger partial charge in [0.1, 0.15) is 0 Å². The molecule has 0 saturated carbocycles. The van der Waals surface area contributed by atoms with Gasteiger partial charge in [-0.2, -0.15) is 0 Å². The van der Waals surface area contributed by atoms with Crippen molar-refractivity contribution in [1.29, 1.82) is 0 Å². The average Bonchev–Trinajstić information content (AvgIpc) is 2.91. The Balaban J connectivity index is 2.21. The van der Waals surface area contributed by atoms with Crippen LogP contribution in [0.2, 0.25) is 0 Å². The van der Waals surface area contributed by atoms with Crippen LogP contribution in [-0.2, 0) is 9.53 Å². The summed E-state index contributed by atoms with van der Waals surface area (Å²) in [4.78, 5) is 25.6. The molecular formula is C15H15NO3S. The minimum atomic E-state index is -0.795. The van der Waals surface area contributed by atoms with E-state index in [-0.39, 0.29) is 5.91 Å². The topological polar surface area (TPSA) is 55.4 Å². The first-order valence-corrected chi connectivity index (χ1v) is 6.93. The second-order valence-electron chi connectivity index (χ2n) is 4.25. The van der Waals surface area contributed by atoms with Gasteiger partial charge in [0.25, 0.3) is 5.91 Å². The minimum Gasteiger partial charge on any atom is -0.467 e. The van der Waals surface area contributed by atoms with E-state index in [1.54, 1.807) is 18.2 Å². The standard InChI is InChI=1S/C15H15NO3S/c1-10-8-9-12(20-10)14(17)16-13(15(18)19-2)11-6-4-3-5-7-11/h3-9,13H,1-2H3,(H,16,17)/t13-/m0/s1. The van der Waals surface area contributed by atoms with Gasteiger partial charge in [-0.05, 0) is 24.6 Å². The minimum absolute atomic E-state index is 0.276. The Labute approximate surface area is 121 Å². The van der Waals surface area contributed by atoms with Gasteiger partial charge in [-0.25, -0.2) is 4.79 Å². The molecule has 1 heterocycles. The zero-order chi connectivity index (χ0) is 14.5. The van der Waals surface area contributed by atoms with Gasteiger partial charge >= 0.3 is 5.97 Å². The van der Waals surface area contributed by atoms with E-state index >= 15 is 0 Å². The first-order valence-electron chi connectivity index (χ1n) is 6.12. The maximum atomic E-state index is 12.2. The number of benzene rings is 1. The van der Waals surface area contributed by atoms with Crippen molar-refractivity contribution in [2.24, 2.45) is 0 Å². The summed E-state index contributed by atoms with van der Waals surface area (Å²) in [6.07, 6.45) is 0. The van der Waals surface area contributed by atoms with Crippen LogP contribution in [-0.4, -0.2) is 19.0 Å². The van der Waals surface area contributed by atoms with Crippen LogP contribution in [0.4, 0.5) is 0 Å². The molecule has 5 heteroatoms. The Hall–Kier alpha value is -2.14. The van der Waals surface area contributed by atoms with Crippen molar-refractivity contribution in [1.82, 2.24) is 5.32 Å². The third kappa shape index (κ3) is 3.24. The summed E-state index contributed by atoms with van der Waals surface area (Å²) in [6.45, 7) is 1.93. The Morgan fingerprint density at radius 2 is 1.85 bits per heavy atom. The monoisotopic (exact) mass is 289 g/mol. The average molecular weight is 289 g/mol. The molecule has 0 spiro atoms. The summed E-state index contributed by atoms with van der Waals surface area (Å²) in [5.74, 6) is -0.764. The van der Waals surface area contributed by atoms with Crippen molar-refractivity contribution in [2.45, 2.75) is 13.0 Å². The molecule has 4 nitrogen and oxygen atoms in total. The molecule has 1 aromatic heterocycles. The molecule has 0 saturated heterocycles. The van der Waals surface area contributed by atoms with Gasteiger partial charge in [0.2, 0.25) is 0 Å². The molecule has 20 heavy (non-hydrogen) atoms. The van der Waals surface area contributed by atoms with Crippen molar-refractivity contribution in [2.75, 3.05) is 7.11 Å². The van der Waals surface area contributed by atoms with E-state index < -0.39 is 12.0 Å². The lowest BCUT2D eigenvalue weighted by Crippen LogP contribution is -2.34. The van der Waals surface area contributed by atoms with Crippen LogP contribution in [0.1, 0.15) is 26.2 Å². The normalized spacial score (nSPS) is 11.7. The zero-order valence-electron chi connectivity index (χ0n) is 11.3. The second-order valence-corrected chi connectivity index (χ2v) is 5.54. The van der Waals surface area contributed by atoms with Gasteiger partial charge < -0.3 is 10.1 Å². The van der Waals surface area contributed by atoms with Crippen molar-refractivity contribution in [3.05, 3.63) is 57.8 Å². The maximum absolute atomic E-state index is 12.2. The lowest BCUT2D eigenvalue weighted by molar-refractivity contribution is -0.143. The molecule has 0 aliphatic carbocycles. The quantitative estimate of drug-likeness (QED) is 0.880. The summed E-state index contributed by atoms with van der Waals surface area (Å²) < 4.78 is 4.76. The van der Waals surface area contributed by atoms with Crippen LogP contribution in [0.3, 0.4) is 0 Å². The highest BCUT2D eigenvalue weighted by Gasteiger charge is 2.24. The first kappa shape index (κ1) is 14.3. The molecule has 0 aliphatic rings. The number of carbonyl (C=O) groups excluding carboxylic acids is 2. The highest BCUT2D eigenvalue weighted by Crippen LogP contribution is 2.18. The molecule has 2 aromatic rings. The van der Waals surface area contributed by atoms with E-state index in [1.807, 2.05) is 31.2 Å². The number of rotatable bonds is 4. The smallest absolute Gasteiger partial charge is 0.333 e. The second kappa shape index (κ2) is 6.34. The van der Waals surface area contributed by atoms with Gasteiger partial charge in [0.05, 0.1) is 12.0 Å². The fraction of sp³-hybridized carbons (Fsp3) is 0.200. The summed E-state index contributed by atoms with van der Waals surface area (Å²) in [5.41, 5.74) is 0.695. The van der Waals surface area contributed by atoms with Gasteiger partial charge in [-0.3, -0.25) is 4.79 Å². The first-order chi connectivity index (χ1) is 9.61. The third-order valence-corrected chi connectivity index (χ3v) is 3.81. The van der Waals surface area contributed by atoms with E-state index in [4.69, 9.17) is 4.74 Å². The van der Waals surface area contributed by atoms with Crippen LogP contribution in [0.15, 0.2) is 42.5 Å². The van der Waals surface area contributed by atoms with Gasteiger partial charge in [-0.15, -0.1) is 11.3 Å². The predicted molar refractivity (Wildman–Crippen MR) is 77.7 cm³/mol. The van der Waals surface area contributed by atoms with E-state index in [0.717, 1.165) is 4.88 Å². The Morgan fingerprint density at radius 3 is 2.40 bits per heavy atom. The number of aryl methyl sites for hydroxylation is 1. The lowest BCUT2D eigenvalue weighted by atomic mass is 10.1. The molecular weight excluding hydrogens is 274 g/mol. The molecule has 0 aliphatic heterocycles. The van der Waals surface area contributed by atoms with E-state index in [9.17, 15) is 9.59 Å². The maximum Gasteiger partial charge on any atom is 0.333 e. The predicted octanol–water partition coefficient (Wildman–Crippen LogP) is 2.70. The van der Waals surface area contributed by atoms with Crippen LogP contribution in [0.5, 0.6) is 0 Å². The molecule has 1 N–H and O–H groups in total. The van der Waals surface area contributed by atoms with Gasteiger partial charge in [0.15, 0.2) is 6.04 Å². The summed E-state index contributed by atoms with van der Waals surface area (Å²) >= 11 is 1.39. The van der Waals surface area contributed by atoms with E-state index in [1.165, 1.54) is 18.4 Å². The number of carbonyl (C=O) groups is 2. The van der Waals surface area contributed by atoms with Crippen LogP contribution < -0.4 is 5.32 Å². The molecule has 1 amide bonds. The number of hydrogen-bond donors (Lipinski definition) is 1. The number of methoxy groups -OCH3 is 1. The molecule has 0 unspecified atom stereocenters. The number of nitrogens with one attached hydrogen (secondary N) is 1. The zero-order valence-corrected chi connectivity index (χ0v) is 12.1. The highest BCUT2D eigenvalue weighted by molar-refractivity contribution is 7.13. The highest BCUT2D eigenvalue weighted by atomic mass is 32.1. The third-order valence-electron chi connectivity index (χ3n) is 2.81. The molecule has 2 rings (SSSR count). The Morgan fingerprint density at radius 1 is 1.15 bits per heavy atom. The summed E-state index contributed by atoms with van der Waals surface area (Å²) in [5, 5.41) is 2.71. The number of hydrogen-bond acceptors (Lipinski definition) is 4. The van der Waals surface area contributed by atoms with E-state index in [0.29, 0.717) is 10.4 Å². The Kier molecular flexibility index (Phi) is 4.53. The van der Waals surface area contributed by atoms with Crippen molar-refractivity contribution in [3.63, 3.8) is 0 Å². The number of esters is 1. The van der Waals surface area contributed by atoms with E-state index in [2.05, 4.69) is 5.32 Å². The molecule has 0 fully saturated rings. The van der Waals surface area contributed by atoms with Gasteiger partial charge in [0, 0.05) is 4.88 Å².